The van der Waals surface area contributed by atoms with E-state index in [0.29, 0.717) is 17.9 Å². The van der Waals surface area contributed by atoms with Crippen LogP contribution in [0.15, 0.2) is 42.6 Å². The highest BCUT2D eigenvalue weighted by Crippen LogP contribution is 2.30. The smallest absolute Gasteiger partial charge is 0.140 e. The van der Waals surface area contributed by atoms with E-state index < -0.39 is 0 Å². The molecule has 0 radical (unpaired) electrons. The van der Waals surface area contributed by atoms with Gasteiger partial charge in [-0.15, -0.1) is 0 Å². The van der Waals surface area contributed by atoms with Crippen LogP contribution < -0.4 is 9.47 Å². The Bertz CT molecular complexity index is 919. The SMILES string of the molecule is CCCOc1c(C)cc(-n2ccc3cc(OC)ccc32)cc1C#N. The van der Waals surface area contributed by atoms with E-state index in [2.05, 4.69) is 23.6 Å². The molecular weight excluding hydrogens is 300 g/mol. The van der Waals surface area contributed by atoms with E-state index in [4.69, 9.17) is 9.47 Å². The lowest BCUT2D eigenvalue weighted by atomic mass is 10.1. The Balaban J connectivity index is 2.10. The van der Waals surface area contributed by atoms with Gasteiger partial charge >= 0.3 is 0 Å². The number of aryl methyl sites for hydroxylation is 1. The van der Waals surface area contributed by atoms with E-state index in [1.54, 1.807) is 7.11 Å². The summed E-state index contributed by atoms with van der Waals surface area (Å²) >= 11 is 0. The molecule has 0 spiro atoms. The van der Waals surface area contributed by atoms with Crippen LogP contribution in [0.4, 0.5) is 0 Å². The maximum atomic E-state index is 9.49. The van der Waals surface area contributed by atoms with Crippen LogP contribution in [0.3, 0.4) is 0 Å². The molecule has 0 amide bonds. The number of methoxy groups -OCH3 is 1. The molecule has 0 aliphatic carbocycles. The maximum Gasteiger partial charge on any atom is 0.140 e. The summed E-state index contributed by atoms with van der Waals surface area (Å²) in [5.41, 5.74) is 3.55. The molecule has 122 valence electrons. The van der Waals surface area contributed by atoms with Gasteiger partial charge in [0.2, 0.25) is 0 Å². The maximum absolute atomic E-state index is 9.49. The van der Waals surface area contributed by atoms with Crippen LogP contribution in [0.2, 0.25) is 0 Å². The first kappa shape index (κ1) is 15.9. The summed E-state index contributed by atoms with van der Waals surface area (Å²) in [4.78, 5) is 0. The third-order valence-electron chi connectivity index (χ3n) is 4.01. The fourth-order valence-corrected chi connectivity index (χ4v) is 2.85. The molecule has 0 fully saturated rings. The average molecular weight is 320 g/mol. The van der Waals surface area contributed by atoms with Crippen LogP contribution >= 0.6 is 0 Å². The van der Waals surface area contributed by atoms with Crippen molar-refractivity contribution in [3.63, 3.8) is 0 Å². The Hall–Kier alpha value is -2.93. The van der Waals surface area contributed by atoms with Crippen LogP contribution in [0.25, 0.3) is 16.6 Å². The minimum Gasteiger partial charge on any atom is -0.497 e. The van der Waals surface area contributed by atoms with Gasteiger partial charge in [-0.25, -0.2) is 0 Å². The van der Waals surface area contributed by atoms with E-state index in [0.717, 1.165) is 34.3 Å². The molecule has 0 saturated heterocycles. The quantitative estimate of drug-likeness (QED) is 0.690. The molecule has 0 aliphatic heterocycles. The molecule has 3 aromatic rings. The molecule has 2 aromatic carbocycles. The zero-order chi connectivity index (χ0) is 17.1. The highest BCUT2D eigenvalue weighted by atomic mass is 16.5. The molecule has 0 aliphatic rings. The Morgan fingerprint density at radius 1 is 1.17 bits per heavy atom. The van der Waals surface area contributed by atoms with Gasteiger partial charge in [0.15, 0.2) is 0 Å². The molecule has 4 nitrogen and oxygen atoms in total. The summed E-state index contributed by atoms with van der Waals surface area (Å²) in [6.07, 6.45) is 2.92. The fourth-order valence-electron chi connectivity index (χ4n) is 2.85. The number of rotatable bonds is 5. The van der Waals surface area contributed by atoms with Crippen molar-refractivity contribution in [1.82, 2.24) is 4.57 Å². The molecular formula is C20H20N2O2. The zero-order valence-electron chi connectivity index (χ0n) is 14.2. The Morgan fingerprint density at radius 3 is 2.71 bits per heavy atom. The van der Waals surface area contributed by atoms with E-state index in [1.165, 1.54) is 0 Å². The van der Waals surface area contributed by atoms with Crippen LogP contribution in [0.1, 0.15) is 24.5 Å². The predicted molar refractivity (Wildman–Crippen MR) is 95.1 cm³/mol. The Kier molecular flexibility index (Phi) is 4.43. The summed E-state index contributed by atoms with van der Waals surface area (Å²) in [5, 5.41) is 10.6. The second-order valence-electron chi connectivity index (χ2n) is 5.71. The molecule has 0 N–H and O–H groups in total. The van der Waals surface area contributed by atoms with E-state index in [-0.39, 0.29) is 0 Å². The monoisotopic (exact) mass is 320 g/mol. The van der Waals surface area contributed by atoms with Gasteiger partial charge in [0, 0.05) is 17.3 Å². The molecule has 4 heteroatoms. The minimum atomic E-state index is 0.564. The van der Waals surface area contributed by atoms with Gasteiger partial charge in [-0.3, -0.25) is 0 Å². The first-order valence-electron chi connectivity index (χ1n) is 8.01. The number of fused-ring (bicyclic) bond motifs is 1. The molecule has 3 rings (SSSR count). The molecule has 0 saturated carbocycles. The first-order valence-corrected chi connectivity index (χ1v) is 8.01. The van der Waals surface area contributed by atoms with Gasteiger partial charge in [-0.1, -0.05) is 6.92 Å². The van der Waals surface area contributed by atoms with Crippen molar-refractivity contribution in [2.75, 3.05) is 13.7 Å². The number of aromatic nitrogens is 1. The number of nitriles is 1. The van der Waals surface area contributed by atoms with Gasteiger partial charge in [-0.05, 0) is 55.3 Å². The summed E-state index contributed by atoms with van der Waals surface area (Å²) in [6, 6.07) is 14.2. The van der Waals surface area contributed by atoms with Gasteiger partial charge in [0.1, 0.15) is 17.6 Å². The summed E-state index contributed by atoms with van der Waals surface area (Å²) in [6.45, 7) is 4.64. The van der Waals surface area contributed by atoms with Gasteiger partial charge < -0.3 is 14.0 Å². The van der Waals surface area contributed by atoms with Crippen molar-refractivity contribution in [2.24, 2.45) is 0 Å². The molecule has 24 heavy (non-hydrogen) atoms. The predicted octanol–water partition coefficient (Wildman–Crippen LogP) is 4.61. The standard InChI is InChI=1S/C20H20N2O2/c1-4-9-24-20-14(2)10-17(11-16(20)13-21)22-8-7-15-12-18(23-3)5-6-19(15)22/h5-8,10-12H,4,9H2,1-3H3. The van der Waals surface area contributed by atoms with Crippen molar-refractivity contribution < 1.29 is 9.47 Å². The van der Waals surface area contributed by atoms with Gasteiger partial charge in [0.25, 0.3) is 0 Å². The Morgan fingerprint density at radius 2 is 2.00 bits per heavy atom. The highest BCUT2D eigenvalue weighted by Gasteiger charge is 2.12. The van der Waals surface area contributed by atoms with E-state index >= 15 is 0 Å². The number of hydrogen-bond acceptors (Lipinski definition) is 3. The van der Waals surface area contributed by atoms with Crippen molar-refractivity contribution in [3.05, 3.63) is 53.7 Å². The van der Waals surface area contributed by atoms with Crippen LogP contribution in [0.5, 0.6) is 11.5 Å². The molecule has 1 heterocycles. The number of ether oxygens (including phenoxy) is 2. The van der Waals surface area contributed by atoms with Crippen LogP contribution in [0, 0.1) is 18.3 Å². The lowest BCUT2D eigenvalue weighted by Gasteiger charge is -2.13. The van der Waals surface area contributed by atoms with Crippen molar-refractivity contribution >= 4 is 10.9 Å². The number of hydrogen-bond donors (Lipinski definition) is 0. The minimum absolute atomic E-state index is 0.564. The van der Waals surface area contributed by atoms with Crippen LogP contribution in [-0.4, -0.2) is 18.3 Å². The van der Waals surface area contributed by atoms with E-state index in [9.17, 15) is 5.26 Å². The molecule has 0 unspecified atom stereocenters. The van der Waals surface area contributed by atoms with Gasteiger partial charge in [-0.2, -0.15) is 5.26 Å². The normalized spacial score (nSPS) is 10.6. The zero-order valence-corrected chi connectivity index (χ0v) is 14.2. The largest absolute Gasteiger partial charge is 0.497 e. The average Bonchev–Trinajstić information content (AvgIpc) is 3.03. The van der Waals surface area contributed by atoms with Crippen molar-refractivity contribution in [3.8, 4) is 23.3 Å². The lowest BCUT2D eigenvalue weighted by Crippen LogP contribution is -2.02. The second kappa shape index (κ2) is 6.67. The summed E-state index contributed by atoms with van der Waals surface area (Å²) in [7, 11) is 1.66. The summed E-state index contributed by atoms with van der Waals surface area (Å²) < 4.78 is 13.1. The third-order valence-corrected chi connectivity index (χ3v) is 4.01. The lowest BCUT2D eigenvalue weighted by molar-refractivity contribution is 0.314. The number of nitrogens with zero attached hydrogens (tertiary/aromatic N) is 2. The Labute approximate surface area is 141 Å². The van der Waals surface area contributed by atoms with E-state index in [1.807, 2.05) is 43.5 Å². The van der Waals surface area contributed by atoms with Gasteiger partial charge in [0.05, 0.1) is 24.8 Å². The molecule has 0 atom stereocenters. The van der Waals surface area contributed by atoms with Crippen LogP contribution in [-0.2, 0) is 0 Å². The summed E-state index contributed by atoms with van der Waals surface area (Å²) in [5.74, 6) is 1.51. The molecule has 0 bridgehead atoms. The molecule has 1 aromatic heterocycles. The van der Waals surface area contributed by atoms with Crippen molar-refractivity contribution in [1.29, 1.82) is 5.26 Å². The highest BCUT2D eigenvalue weighted by molar-refractivity contribution is 5.83. The fraction of sp³-hybridized carbons (Fsp3) is 0.250. The second-order valence-corrected chi connectivity index (χ2v) is 5.71. The van der Waals surface area contributed by atoms with Crippen molar-refractivity contribution in [2.45, 2.75) is 20.3 Å². The first-order chi connectivity index (χ1) is 11.7. The number of benzene rings is 2. The topological polar surface area (TPSA) is 47.2 Å². The third kappa shape index (κ3) is 2.81.